The van der Waals surface area contributed by atoms with E-state index in [0.717, 1.165) is 53.3 Å². The van der Waals surface area contributed by atoms with Crippen LogP contribution < -0.4 is 4.74 Å². The van der Waals surface area contributed by atoms with E-state index in [-0.39, 0.29) is 6.04 Å². The van der Waals surface area contributed by atoms with Gasteiger partial charge in [-0.05, 0) is 49.4 Å². The summed E-state index contributed by atoms with van der Waals surface area (Å²) in [5.41, 5.74) is 2.72. The van der Waals surface area contributed by atoms with Crippen LogP contribution in [0.3, 0.4) is 0 Å². The minimum absolute atomic E-state index is 0.219. The molecule has 1 unspecified atom stereocenters. The zero-order valence-electron chi connectivity index (χ0n) is 15.3. The first-order valence-electron chi connectivity index (χ1n) is 9.29. The Hall–Kier alpha value is -3.19. The van der Waals surface area contributed by atoms with Crippen LogP contribution in [0.4, 0.5) is 0 Å². The van der Waals surface area contributed by atoms with Crippen LogP contribution in [0.15, 0.2) is 67.1 Å². The van der Waals surface area contributed by atoms with Crippen LogP contribution in [0.5, 0.6) is 11.5 Å². The molecular formula is C21H18BN5O. The van der Waals surface area contributed by atoms with Gasteiger partial charge in [0.2, 0.25) is 0 Å². The summed E-state index contributed by atoms with van der Waals surface area (Å²) >= 11 is 0. The van der Waals surface area contributed by atoms with Gasteiger partial charge < -0.3 is 9.55 Å². The summed E-state index contributed by atoms with van der Waals surface area (Å²) < 4.78 is 7.88. The van der Waals surface area contributed by atoms with Gasteiger partial charge in [-0.25, -0.2) is 14.6 Å². The average Bonchev–Trinajstić information content (AvgIpc) is 3.33. The standard InChI is InChI=1S/C21H18BN5O/c22-26-11-10-16(13-26)27-21-19(12-23-14-24-21)20(25-27)15-6-8-18(9-7-15)28-17-4-2-1-3-5-17/h1-9,12,14,16H,10-11,13H2. The van der Waals surface area contributed by atoms with Crippen molar-refractivity contribution in [2.75, 3.05) is 13.1 Å². The molecule has 0 spiro atoms. The van der Waals surface area contributed by atoms with Crippen LogP contribution in [0.2, 0.25) is 0 Å². The predicted molar refractivity (Wildman–Crippen MR) is 108 cm³/mol. The first-order chi connectivity index (χ1) is 13.8. The van der Waals surface area contributed by atoms with E-state index in [9.17, 15) is 0 Å². The molecule has 1 saturated heterocycles. The topological polar surface area (TPSA) is 56.1 Å². The summed E-state index contributed by atoms with van der Waals surface area (Å²) in [6, 6.07) is 17.9. The molecule has 136 valence electrons. The molecule has 3 heterocycles. The van der Waals surface area contributed by atoms with Crippen molar-refractivity contribution in [2.45, 2.75) is 12.5 Å². The second-order valence-electron chi connectivity index (χ2n) is 6.93. The predicted octanol–water partition coefficient (Wildman–Crippen LogP) is 3.62. The molecule has 0 N–H and O–H groups in total. The van der Waals surface area contributed by atoms with Crippen molar-refractivity contribution >= 4 is 19.0 Å². The highest BCUT2D eigenvalue weighted by molar-refractivity contribution is 6.04. The van der Waals surface area contributed by atoms with E-state index in [1.165, 1.54) is 0 Å². The molecule has 2 radical (unpaired) electrons. The molecular weight excluding hydrogens is 349 g/mol. The first kappa shape index (κ1) is 17.0. The van der Waals surface area contributed by atoms with Gasteiger partial charge in [0, 0.05) is 18.3 Å². The zero-order chi connectivity index (χ0) is 18.9. The Kier molecular flexibility index (Phi) is 4.29. The van der Waals surface area contributed by atoms with Crippen molar-refractivity contribution in [2.24, 2.45) is 0 Å². The molecule has 0 amide bonds. The Bertz CT molecular complexity index is 1100. The number of hydrogen-bond acceptors (Lipinski definition) is 5. The van der Waals surface area contributed by atoms with Crippen LogP contribution in [0, 0.1) is 0 Å². The second-order valence-corrected chi connectivity index (χ2v) is 6.93. The van der Waals surface area contributed by atoms with E-state index in [4.69, 9.17) is 17.8 Å². The van der Waals surface area contributed by atoms with Crippen LogP contribution in [0.1, 0.15) is 12.5 Å². The van der Waals surface area contributed by atoms with E-state index in [1.54, 1.807) is 6.33 Å². The third kappa shape index (κ3) is 3.14. The van der Waals surface area contributed by atoms with E-state index in [2.05, 4.69) is 9.97 Å². The highest BCUT2D eigenvalue weighted by atomic mass is 16.5. The lowest BCUT2D eigenvalue weighted by Gasteiger charge is -2.11. The number of aromatic nitrogens is 4. The van der Waals surface area contributed by atoms with Crippen molar-refractivity contribution in [3.8, 4) is 22.8 Å². The molecule has 7 heteroatoms. The Morgan fingerprint density at radius 1 is 1.00 bits per heavy atom. The zero-order valence-corrected chi connectivity index (χ0v) is 15.3. The number of hydrogen-bond donors (Lipinski definition) is 0. The molecule has 0 bridgehead atoms. The summed E-state index contributed by atoms with van der Waals surface area (Å²) in [6.45, 7) is 1.63. The monoisotopic (exact) mass is 367 g/mol. The fraction of sp³-hybridized carbons (Fsp3) is 0.190. The van der Waals surface area contributed by atoms with Gasteiger partial charge in [0.05, 0.1) is 11.4 Å². The van der Waals surface area contributed by atoms with E-state index in [1.807, 2.05) is 70.3 Å². The van der Waals surface area contributed by atoms with Crippen molar-refractivity contribution in [3.63, 3.8) is 0 Å². The summed E-state index contributed by atoms with van der Waals surface area (Å²) in [5, 5.41) is 5.82. The number of rotatable bonds is 4. The number of benzene rings is 2. The molecule has 5 rings (SSSR count). The normalized spacial score (nSPS) is 17.2. The van der Waals surface area contributed by atoms with Gasteiger partial charge in [-0.1, -0.05) is 18.2 Å². The second kappa shape index (κ2) is 7.09. The fourth-order valence-corrected chi connectivity index (χ4v) is 3.62. The lowest BCUT2D eigenvalue weighted by Crippen LogP contribution is -2.18. The van der Waals surface area contributed by atoms with Gasteiger partial charge in [-0.3, -0.25) is 0 Å². The Balaban J connectivity index is 1.49. The summed E-state index contributed by atoms with van der Waals surface area (Å²) in [7, 11) is 5.95. The van der Waals surface area contributed by atoms with Crippen LogP contribution >= 0.6 is 0 Å². The van der Waals surface area contributed by atoms with Crippen molar-refractivity contribution < 1.29 is 4.74 Å². The molecule has 2 aromatic carbocycles. The summed E-state index contributed by atoms with van der Waals surface area (Å²) in [6.07, 6.45) is 4.35. The van der Waals surface area contributed by atoms with Gasteiger partial charge in [0.15, 0.2) is 13.6 Å². The van der Waals surface area contributed by atoms with E-state index >= 15 is 0 Å². The van der Waals surface area contributed by atoms with Crippen LogP contribution in [-0.2, 0) is 0 Å². The van der Waals surface area contributed by atoms with Gasteiger partial charge >= 0.3 is 0 Å². The quantitative estimate of drug-likeness (QED) is 0.516. The van der Waals surface area contributed by atoms with Crippen molar-refractivity contribution in [1.82, 2.24) is 24.6 Å². The van der Waals surface area contributed by atoms with Crippen LogP contribution in [-0.4, -0.2) is 45.6 Å². The van der Waals surface area contributed by atoms with E-state index < -0.39 is 0 Å². The Labute approximate surface area is 164 Å². The molecule has 1 atom stereocenters. The summed E-state index contributed by atoms with van der Waals surface area (Å²) in [4.78, 5) is 10.5. The van der Waals surface area contributed by atoms with Crippen LogP contribution in [0.25, 0.3) is 22.3 Å². The minimum atomic E-state index is 0.219. The fourth-order valence-electron chi connectivity index (χ4n) is 3.62. The van der Waals surface area contributed by atoms with Crippen molar-refractivity contribution in [1.29, 1.82) is 0 Å². The molecule has 1 aliphatic rings. The third-order valence-corrected chi connectivity index (χ3v) is 5.02. The highest BCUT2D eigenvalue weighted by Crippen LogP contribution is 2.32. The maximum absolute atomic E-state index is 5.95. The number of nitrogens with zero attached hydrogens (tertiary/aromatic N) is 5. The smallest absolute Gasteiger partial charge is 0.182 e. The van der Waals surface area contributed by atoms with Gasteiger partial charge in [-0.15, -0.1) is 0 Å². The molecule has 6 nitrogen and oxygen atoms in total. The van der Waals surface area contributed by atoms with Crippen molar-refractivity contribution in [3.05, 3.63) is 67.1 Å². The highest BCUT2D eigenvalue weighted by Gasteiger charge is 2.25. The molecule has 0 aliphatic carbocycles. The molecule has 1 aliphatic heterocycles. The van der Waals surface area contributed by atoms with Gasteiger partial charge in [-0.2, -0.15) is 5.10 Å². The number of para-hydroxylation sites is 1. The number of ether oxygens (including phenoxy) is 1. The first-order valence-corrected chi connectivity index (χ1v) is 9.29. The molecule has 1 fully saturated rings. The Morgan fingerprint density at radius 2 is 1.79 bits per heavy atom. The van der Waals surface area contributed by atoms with Gasteiger partial charge in [0.1, 0.15) is 23.5 Å². The lowest BCUT2D eigenvalue weighted by molar-refractivity contribution is 0.468. The SMILES string of the molecule is [B]N1CCC(n2nc(-c3ccc(Oc4ccccc4)cc3)c3cncnc32)C1. The maximum Gasteiger partial charge on any atom is 0.182 e. The Morgan fingerprint density at radius 3 is 2.54 bits per heavy atom. The average molecular weight is 367 g/mol. The number of fused-ring (bicyclic) bond motifs is 1. The third-order valence-electron chi connectivity index (χ3n) is 5.02. The summed E-state index contributed by atoms with van der Waals surface area (Å²) in [5.74, 6) is 1.59. The molecule has 0 saturated carbocycles. The largest absolute Gasteiger partial charge is 0.457 e. The van der Waals surface area contributed by atoms with Gasteiger partial charge in [0.25, 0.3) is 0 Å². The molecule has 2 aromatic heterocycles. The lowest BCUT2D eigenvalue weighted by atomic mass is 10.1. The van der Waals surface area contributed by atoms with E-state index in [0.29, 0.717) is 0 Å². The maximum atomic E-state index is 5.95. The molecule has 4 aromatic rings. The minimum Gasteiger partial charge on any atom is -0.457 e. The molecule has 28 heavy (non-hydrogen) atoms.